The molecule has 132 valence electrons. The second kappa shape index (κ2) is 8.18. The van der Waals surface area contributed by atoms with Gasteiger partial charge in [0, 0.05) is 5.56 Å². The molecule has 0 heterocycles. The number of ether oxygens (including phenoxy) is 2. The van der Waals surface area contributed by atoms with Crippen LogP contribution in [0, 0.1) is 0 Å². The number of hydrogen-bond acceptors (Lipinski definition) is 4. The minimum absolute atomic E-state index is 0.152. The number of methoxy groups -OCH3 is 1. The Labute approximate surface area is 142 Å². The smallest absolute Gasteiger partial charge is 0.417 e. The van der Waals surface area contributed by atoms with Gasteiger partial charge in [-0.15, -0.1) is 0 Å². The fourth-order valence-corrected chi connectivity index (χ4v) is 1.96. The van der Waals surface area contributed by atoms with Crippen LogP contribution < -0.4 is 14.9 Å². The summed E-state index contributed by atoms with van der Waals surface area (Å²) in [6, 6.07) is 11.7. The highest BCUT2D eigenvalue weighted by Gasteiger charge is 2.32. The van der Waals surface area contributed by atoms with Crippen molar-refractivity contribution < 1.29 is 27.4 Å². The van der Waals surface area contributed by atoms with Crippen LogP contribution in [-0.2, 0) is 11.0 Å². The van der Waals surface area contributed by atoms with E-state index in [2.05, 4.69) is 10.5 Å². The van der Waals surface area contributed by atoms with Gasteiger partial charge in [-0.1, -0.05) is 30.3 Å². The van der Waals surface area contributed by atoms with Crippen molar-refractivity contribution in [3.05, 3.63) is 59.7 Å². The number of carbonyl (C=O) groups is 1. The van der Waals surface area contributed by atoms with E-state index in [1.807, 2.05) is 0 Å². The Kier molecular flexibility index (Phi) is 5.99. The van der Waals surface area contributed by atoms with Gasteiger partial charge in [0.15, 0.2) is 18.1 Å². The number of hydrogen-bond donors (Lipinski definition) is 1. The van der Waals surface area contributed by atoms with E-state index in [1.54, 1.807) is 24.3 Å². The van der Waals surface area contributed by atoms with Gasteiger partial charge in [0.2, 0.25) is 0 Å². The summed E-state index contributed by atoms with van der Waals surface area (Å²) in [7, 11) is 1.46. The highest BCUT2D eigenvalue weighted by molar-refractivity contribution is 5.84. The van der Waals surface area contributed by atoms with Crippen molar-refractivity contribution in [2.24, 2.45) is 5.10 Å². The molecule has 5 nitrogen and oxygen atoms in total. The number of benzene rings is 2. The van der Waals surface area contributed by atoms with Crippen LogP contribution in [0.1, 0.15) is 11.1 Å². The largest absolute Gasteiger partial charge is 0.493 e. The predicted molar refractivity (Wildman–Crippen MR) is 85.7 cm³/mol. The lowest BCUT2D eigenvalue weighted by Gasteiger charge is -2.10. The van der Waals surface area contributed by atoms with E-state index < -0.39 is 17.6 Å². The van der Waals surface area contributed by atoms with Gasteiger partial charge in [-0.3, -0.25) is 4.79 Å². The summed E-state index contributed by atoms with van der Waals surface area (Å²) >= 11 is 0. The van der Waals surface area contributed by atoms with E-state index in [0.29, 0.717) is 11.5 Å². The van der Waals surface area contributed by atoms with Crippen molar-refractivity contribution in [2.45, 2.75) is 6.18 Å². The number of nitrogens with one attached hydrogen (secondary N) is 1. The highest BCUT2D eigenvalue weighted by Crippen LogP contribution is 2.31. The third-order valence-corrected chi connectivity index (χ3v) is 3.09. The summed E-state index contributed by atoms with van der Waals surface area (Å²) in [6.07, 6.45) is -3.57. The molecule has 2 aromatic rings. The van der Waals surface area contributed by atoms with Crippen molar-refractivity contribution in [2.75, 3.05) is 13.7 Å². The number of amides is 1. The highest BCUT2D eigenvalue weighted by atomic mass is 19.4. The van der Waals surface area contributed by atoms with Gasteiger partial charge >= 0.3 is 6.18 Å². The van der Waals surface area contributed by atoms with E-state index in [0.717, 1.165) is 12.3 Å². The summed E-state index contributed by atoms with van der Waals surface area (Å²) in [6.45, 7) is -0.362. The van der Waals surface area contributed by atoms with Crippen LogP contribution in [0.2, 0.25) is 0 Å². The Hall–Kier alpha value is -3.03. The van der Waals surface area contributed by atoms with Crippen molar-refractivity contribution in [1.82, 2.24) is 5.43 Å². The van der Waals surface area contributed by atoms with Crippen LogP contribution in [-0.4, -0.2) is 25.8 Å². The molecule has 0 spiro atoms. The summed E-state index contributed by atoms with van der Waals surface area (Å²) in [5.74, 6) is 0.205. The first-order valence-corrected chi connectivity index (χ1v) is 7.15. The molecule has 0 atom stereocenters. The monoisotopic (exact) mass is 352 g/mol. The van der Waals surface area contributed by atoms with Crippen molar-refractivity contribution >= 4 is 12.1 Å². The molecule has 0 aliphatic heterocycles. The van der Waals surface area contributed by atoms with E-state index in [9.17, 15) is 18.0 Å². The molecule has 1 amide bonds. The van der Waals surface area contributed by atoms with Crippen molar-refractivity contribution in [3.8, 4) is 11.5 Å². The molecule has 0 bridgehead atoms. The maximum absolute atomic E-state index is 12.8. The molecular formula is C17H15F3N2O3. The second-order valence-electron chi connectivity index (χ2n) is 4.82. The molecule has 0 unspecified atom stereocenters. The zero-order valence-corrected chi connectivity index (χ0v) is 13.2. The van der Waals surface area contributed by atoms with E-state index in [4.69, 9.17) is 9.47 Å². The fraction of sp³-hybridized carbons (Fsp3) is 0.176. The van der Waals surface area contributed by atoms with E-state index in [-0.39, 0.29) is 12.2 Å². The van der Waals surface area contributed by atoms with Crippen LogP contribution in [0.3, 0.4) is 0 Å². The standard InChI is InChI=1S/C17H15F3N2O3/c1-24-14-8-4-5-9-15(14)25-11-16(23)22-21-10-12-6-2-3-7-13(12)17(18,19)20/h2-10H,11H2,1H3,(H,22,23)/b21-10-. The fourth-order valence-electron chi connectivity index (χ4n) is 1.96. The summed E-state index contributed by atoms with van der Waals surface area (Å²) < 4.78 is 48.8. The zero-order valence-electron chi connectivity index (χ0n) is 13.2. The molecule has 0 aliphatic rings. The summed E-state index contributed by atoms with van der Waals surface area (Å²) in [5, 5.41) is 3.53. The Morgan fingerprint density at radius 1 is 1.12 bits per heavy atom. The topological polar surface area (TPSA) is 59.9 Å². The number of alkyl halides is 3. The van der Waals surface area contributed by atoms with Crippen LogP contribution >= 0.6 is 0 Å². The minimum atomic E-state index is -4.50. The Balaban J connectivity index is 1.93. The Morgan fingerprint density at radius 3 is 2.44 bits per heavy atom. The van der Waals surface area contributed by atoms with Crippen LogP contribution in [0.5, 0.6) is 11.5 Å². The summed E-state index contributed by atoms with van der Waals surface area (Å²) in [4.78, 5) is 11.7. The van der Waals surface area contributed by atoms with Crippen LogP contribution in [0.4, 0.5) is 13.2 Å². The van der Waals surface area contributed by atoms with Gasteiger partial charge in [0.25, 0.3) is 5.91 Å². The molecule has 2 aromatic carbocycles. The zero-order chi connectivity index (χ0) is 18.3. The average molecular weight is 352 g/mol. The lowest BCUT2D eigenvalue weighted by Crippen LogP contribution is -2.24. The minimum Gasteiger partial charge on any atom is -0.493 e. The Bertz CT molecular complexity index is 761. The molecular weight excluding hydrogens is 337 g/mol. The quantitative estimate of drug-likeness (QED) is 0.641. The van der Waals surface area contributed by atoms with E-state index in [1.165, 1.54) is 25.3 Å². The van der Waals surface area contributed by atoms with Crippen molar-refractivity contribution in [3.63, 3.8) is 0 Å². The second-order valence-corrected chi connectivity index (χ2v) is 4.82. The predicted octanol–water partition coefficient (Wildman–Crippen LogP) is 3.24. The maximum atomic E-state index is 12.8. The SMILES string of the molecule is COc1ccccc1OCC(=O)N/N=C\c1ccccc1C(F)(F)F. The molecule has 8 heteroatoms. The molecule has 2 rings (SSSR count). The van der Waals surface area contributed by atoms with Gasteiger partial charge < -0.3 is 9.47 Å². The lowest BCUT2D eigenvalue weighted by molar-refractivity contribution is -0.137. The molecule has 1 N–H and O–H groups in total. The molecule has 0 fully saturated rings. The van der Waals surface area contributed by atoms with Crippen molar-refractivity contribution in [1.29, 1.82) is 0 Å². The molecule has 0 aliphatic carbocycles. The van der Waals surface area contributed by atoms with Gasteiger partial charge in [-0.2, -0.15) is 18.3 Å². The number of para-hydroxylation sites is 2. The molecule has 0 radical (unpaired) electrons. The molecule has 25 heavy (non-hydrogen) atoms. The number of rotatable bonds is 6. The first kappa shape index (κ1) is 18.3. The average Bonchev–Trinajstić information content (AvgIpc) is 2.59. The summed E-state index contributed by atoms with van der Waals surface area (Å²) in [5.41, 5.74) is 1.13. The normalized spacial score (nSPS) is 11.4. The molecule has 0 saturated heterocycles. The van der Waals surface area contributed by atoms with Crippen LogP contribution in [0.25, 0.3) is 0 Å². The number of nitrogens with zero attached hydrogens (tertiary/aromatic N) is 1. The van der Waals surface area contributed by atoms with Gasteiger partial charge in [0.1, 0.15) is 0 Å². The molecule has 0 aromatic heterocycles. The van der Waals surface area contributed by atoms with E-state index >= 15 is 0 Å². The van der Waals surface area contributed by atoms with Gasteiger partial charge in [-0.25, -0.2) is 5.43 Å². The van der Waals surface area contributed by atoms with Crippen LogP contribution in [0.15, 0.2) is 53.6 Å². The Morgan fingerprint density at radius 2 is 1.76 bits per heavy atom. The maximum Gasteiger partial charge on any atom is 0.417 e. The molecule has 0 saturated carbocycles. The van der Waals surface area contributed by atoms with Gasteiger partial charge in [-0.05, 0) is 18.2 Å². The first-order valence-electron chi connectivity index (χ1n) is 7.15. The number of halogens is 3. The third kappa shape index (κ3) is 5.23. The first-order chi connectivity index (χ1) is 11.9. The van der Waals surface area contributed by atoms with Gasteiger partial charge in [0.05, 0.1) is 18.9 Å². The lowest BCUT2D eigenvalue weighted by atomic mass is 10.1. The number of hydrazone groups is 1. The third-order valence-electron chi connectivity index (χ3n) is 3.09. The number of carbonyl (C=O) groups excluding carboxylic acids is 1.